The van der Waals surface area contributed by atoms with Gasteiger partial charge in [-0.3, -0.25) is 0 Å². The van der Waals surface area contributed by atoms with Gasteiger partial charge in [-0.1, -0.05) is 73.1 Å². The van der Waals surface area contributed by atoms with Crippen molar-refractivity contribution in [2.45, 2.75) is 45.5 Å². The van der Waals surface area contributed by atoms with Crippen LogP contribution in [0.5, 0.6) is 0 Å². The first-order valence-corrected chi connectivity index (χ1v) is 10.7. The zero-order valence-electron chi connectivity index (χ0n) is 12.7. The lowest BCUT2D eigenvalue weighted by Gasteiger charge is -2.36. The van der Waals surface area contributed by atoms with Crippen molar-refractivity contribution < 1.29 is 4.43 Å². The van der Waals surface area contributed by atoms with Gasteiger partial charge < -0.3 is 4.43 Å². The Morgan fingerprint density at radius 2 is 1.74 bits per heavy atom. The Balaban J connectivity index is 2.62. The summed E-state index contributed by atoms with van der Waals surface area (Å²) >= 11 is 3.38. The maximum absolute atomic E-state index is 6.21. The third-order valence-electron chi connectivity index (χ3n) is 3.78. The number of rotatable bonds is 5. The van der Waals surface area contributed by atoms with Crippen LogP contribution in [0.1, 0.15) is 31.9 Å². The second kappa shape index (κ2) is 6.87. The van der Waals surface area contributed by atoms with E-state index in [0.717, 1.165) is 11.9 Å². The van der Waals surface area contributed by atoms with Crippen molar-refractivity contribution in [2.24, 2.45) is 0 Å². The molecule has 19 heavy (non-hydrogen) atoms. The predicted molar refractivity (Wildman–Crippen MR) is 91.3 cm³/mol. The second-order valence-electron chi connectivity index (χ2n) is 6.35. The van der Waals surface area contributed by atoms with Crippen LogP contribution in [0, 0.1) is 0 Å². The third kappa shape index (κ3) is 5.25. The van der Waals surface area contributed by atoms with E-state index in [0.29, 0.717) is 0 Å². The van der Waals surface area contributed by atoms with Gasteiger partial charge in [0.2, 0.25) is 0 Å². The zero-order valence-corrected chi connectivity index (χ0v) is 15.3. The molecule has 1 nitrogen and oxygen atoms in total. The first-order chi connectivity index (χ1) is 8.76. The van der Waals surface area contributed by atoms with E-state index in [1.54, 1.807) is 0 Å². The van der Waals surface area contributed by atoms with Crippen LogP contribution in [0.2, 0.25) is 18.1 Å². The van der Waals surface area contributed by atoms with Crippen LogP contribution < -0.4 is 0 Å². The summed E-state index contributed by atoms with van der Waals surface area (Å²) in [7, 11) is -1.64. The molecule has 0 saturated heterocycles. The summed E-state index contributed by atoms with van der Waals surface area (Å²) in [5, 5.41) is 1.16. The first-order valence-electron chi connectivity index (χ1n) is 6.72. The molecule has 0 spiro atoms. The molecule has 1 aromatic rings. The highest BCUT2D eigenvalue weighted by molar-refractivity contribution is 9.09. The van der Waals surface area contributed by atoms with Crippen LogP contribution in [0.3, 0.4) is 0 Å². The van der Waals surface area contributed by atoms with E-state index in [2.05, 4.69) is 86.2 Å². The Kier molecular flexibility index (Phi) is 6.02. The smallest absolute Gasteiger partial charge is 0.192 e. The standard InChI is InChI=1S/C16H25BrOSi/c1-16(2,3)19(4,5)18-13-15-10-8-14(9-11-15)7-6-12-17/h6-11H,12-13H2,1-5H3/b7-6+. The molecule has 0 amide bonds. The van der Waals surface area contributed by atoms with E-state index in [1.807, 2.05) is 0 Å². The van der Waals surface area contributed by atoms with E-state index in [-0.39, 0.29) is 5.04 Å². The number of allylic oxidation sites excluding steroid dienone is 1. The maximum Gasteiger partial charge on any atom is 0.192 e. The summed E-state index contributed by atoms with van der Waals surface area (Å²) in [4.78, 5) is 0. The molecule has 0 aliphatic carbocycles. The van der Waals surface area contributed by atoms with Crippen LogP contribution in [-0.4, -0.2) is 13.6 Å². The molecule has 1 rings (SSSR count). The van der Waals surface area contributed by atoms with Gasteiger partial charge in [0.1, 0.15) is 0 Å². The van der Waals surface area contributed by atoms with Crippen LogP contribution in [0.25, 0.3) is 6.08 Å². The average molecular weight is 341 g/mol. The molecule has 0 fully saturated rings. The second-order valence-corrected chi connectivity index (χ2v) is 11.8. The molecule has 0 heterocycles. The van der Waals surface area contributed by atoms with Gasteiger partial charge in [-0.15, -0.1) is 0 Å². The lowest BCUT2D eigenvalue weighted by atomic mass is 10.1. The van der Waals surface area contributed by atoms with Gasteiger partial charge in [0, 0.05) is 5.33 Å². The third-order valence-corrected chi connectivity index (χ3v) is 8.64. The number of hydrogen-bond donors (Lipinski definition) is 0. The van der Waals surface area contributed by atoms with Crippen LogP contribution in [0.4, 0.5) is 0 Å². The maximum atomic E-state index is 6.21. The summed E-state index contributed by atoms with van der Waals surface area (Å²) in [5.74, 6) is 0. The predicted octanol–water partition coefficient (Wildman–Crippen LogP) is 5.62. The molecule has 0 aliphatic heterocycles. The van der Waals surface area contributed by atoms with Crippen molar-refractivity contribution in [2.75, 3.05) is 5.33 Å². The fraction of sp³-hybridized carbons (Fsp3) is 0.500. The van der Waals surface area contributed by atoms with Crippen LogP contribution in [-0.2, 0) is 11.0 Å². The quantitative estimate of drug-likeness (QED) is 0.499. The van der Waals surface area contributed by atoms with Gasteiger partial charge in [-0.25, -0.2) is 0 Å². The monoisotopic (exact) mass is 340 g/mol. The molecule has 0 aromatic heterocycles. The Hall–Kier alpha value is -0.383. The molecular formula is C16H25BrOSi. The van der Waals surface area contributed by atoms with Crippen molar-refractivity contribution in [3.8, 4) is 0 Å². The minimum absolute atomic E-state index is 0.269. The topological polar surface area (TPSA) is 9.23 Å². The van der Waals surface area contributed by atoms with Crippen molar-refractivity contribution >= 4 is 30.3 Å². The Bertz CT molecular complexity index is 415. The van der Waals surface area contributed by atoms with E-state index in [9.17, 15) is 0 Å². The highest BCUT2D eigenvalue weighted by Crippen LogP contribution is 2.37. The Morgan fingerprint density at radius 3 is 2.21 bits per heavy atom. The number of alkyl halides is 1. The summed E-state index contributed by atoms with van der Waals surface area (Å²) in [6.45, 7) is 12.1. The van der Waals surface area contributed by atoms with Gasteiger partial charge >= 0.3 is 0 Å². The molecule has 0 radical (unpaired) electrons. The van der Waals surface area contributed by atoms with Gasteiger partial charge in [0.25, 0.3) is 0 Å². The molecule has 0 unspecified atom stereocenters. The van der Waals surface area contributed by atoms with E-state index < -0.39 is 8.32 Å². The lowest BCUT2D eigenvalue weighted by Crippen LogP contribution is -2.40. The van der Waals surface area contributed by atoms with Crippen LogP contribution in [0.15, 0.2) is 30.3 Å². The SMILES string of the molecule is CC(C)(C)[Si](C)(C)OCc1ccc(/C=C/CBr)cc1. The number of hydrogen-bond acceptors (Lipinski definition) is 1. The number of halogens is 1. The minimum Gasteiger partial charge on any atom is -0.413 e. The molecule has 0 saturated carbocycles. The van der Waals surface area contributed by atoms with Crippen molar-refractivity contribution in [1.82, 2.24) is 0 Å². The highest BCUT2D eigenvalue weighted by Gasteiger charge is 2.36. The lowest BCUT2D eigenvalue weighted by molar-refractivity contribution is 0.276. The largest absolute Gasteiger partial charge is 0.413 e. The first kappa shape index (κ1) is 16.7. The molecule has 0 N–H and O–H groups in total. The van der Waals surface area contributed by atoms with Crippen LogP contribution >= 0.6 is 15.9 Å². The van der Waals surface area contributed by atoms with Crippen molar-refractivity contribution in [3.63, 3.8) is 0 Å². The fourth-order valence-corrected chi connectivity index (χ4v) is 2.53. The molecule has 1 aromatic carbocycles. The van der Waals surface area contributed by atoms with E-state index in [1.165, 1.54) is 11.1 Å². The Labute approximate surface area is 127 Å². The molecular weight excluding hydrogens is 316 g/mol. The summed E-state index contributed by atoms with van der Waals surface area (Å²) < 4.78 is 6.21. The van der Waals surface area contributed by atoms with E-state index in [4.69, 9.17) is 4.43 Å². The summed E-state index contributed by atoms with van der Waals surface area (Å²) in [5.41, 5.74) is 2.48. The zero-order chi connectivity index (χ0) is 14.5. The molecule has 0 bridgehead atoms. The summed E-state index contributed by atoms with van der Waals surface area (Å²) in [6, 6.07) is 8.59. The Morgan fingerprint density at radius 1 is 1.16 bits per heavy atom. The highest BCUT2D eigenvalue weighted by atomic mass is 79.9. The number of benzene rings is 1. The molecule has 0 aliphatic rings. The minimum atomic E-state index is -1.64. The van der Waals surface area contributed by atoms with Crippen molar-refractivity contribution in [1.29, 1.82) is 0 Å². The van der Waals surface area contributed by atoms with Crippen molar-refractivity contribution in [3.05, 3.63) is 41.5 Å². The van der Waals surface area contributed by atoms with E-state index >= 15 is 0 Å². The van der Waals surface area contributed by atoms with Gasteiger partial charge in [-0.2, -0.15) is 0 Å². The van der Waals surface area contributed by atoms with Gasteiger partial charge in [0.15, 0.2) is 8.32 Å². The molecule has 106 valence electrons. The van der Waals surface area contributed by atoms with Gasteiger partial charge in [-0.05, 0) is 29.3 Å². The molecule has 3 heteroatoms. The van der Waals surface area contributed by atoms with Gasteiger partial charge in [0.05, 0.1) is 6.61 Å². The summed E-state index contributed by atoms with van der Waals surface area (Å²) in [6.07, 6.45) is 4.22. The normalized spacial score (nSPS) is 13.2. The molecule has 0 atom stereocenters. The fourth-order valence-electron chi connectivity index (χ4n) is 1.39. The average Bonchev–Trinajstić information content (AvgIpc) is 2.34.